The quantitative estimate of drug-likeness (QED) is 0.781. The number of hydrogen-bond donors (Lipinski definition) is 3. The molecule has 1 aromatic carbocycles. The molecule has 3 N–H and O–H groups in total. The lowest BCUT2D eigenvalue weighted by molar-refractivity contribution is -0.142. The number of carboxylic acids is 1. The molecular weight excluding hydrogens is 310 g/mol. The Labute approximate surface area is 138 Å². The van der Waals surface area contributed by atoms with Crippen LogP contribution >= 0.6 is 0 Å². The van der Waals surface area contributed by atoms with Crippen molar-refractivity contribution in [2.75, 3.05) is 19.6 Å². The summed E-state index contributed by atoms with van der Waals surface area (Å²) in [5, 5.41) is 12.6. The number of aromatic amines is 1. The molecule has 2 atom stereocenters. The first kappa shape index (κ1) is 16.0. The SMILES string of the molecule is C[C@@H]1CN(C(=O)CNC(=O)c2cc3ccccc3[nH]2)C[C@H]1C(=O)O. The van der Waals surface area contributed by atoms with Crippen LogP contribution in [0.5, 0.6) is 0 Å². The molecule has 1 fully saturated rings. The zero-order valence-corrected chi connectivity index (χ0v) is 13.3. The first-order valence-electron chi connectivity index (χ1n) is 7.82. The summed E-state index contributed by atoms with van der Waals surface area (Å²) in [5.41, 5.74) is 1.24. The van der Waals surface area contributed by atoms with Crippen molar-refractivity contribution in [2.24, 2.45) is 11.8 Å². The number of carbonyl (C=O) groups is 3. The van der Waals surface area contributed by atoms with E-state index in [0.717, 1.165) is 10.9 Å². The summed E-state index contributed by atoms with van der Waals surface area (Å²) in [7, 11) is 0. The number of aromatic nitrogens is 1. The molecule has 0 bridgehead atoms. The summed E-state index contributed by atoms with van der Waals surface area (Å²) >= 11 is 0. The average Bonchev–Trinajstić information content (AvgIpc) is 3.15. The molecule has 24 heavy (non-hydrogen) atoms. The van der Waals surface area contributed by atoms with Crippen LogP contribution in [-0.2, 0) is 9.59 Å². The lowest BCUT2D eigenvalue weighted by Crippen LogP contribution is -2.39. The van der Waals surface area contributed by atoms with Crippen molar-refractivity contribution in [3.05, 3.63) is 36.0 Å². The number of H-pyrrole nitrogens is 1. The Balaban J connectivity index is 1.58. The molecule has 7 nitrogen and oxygen atoms in total. The van der Waals surface area contributed by atoms with E-state index in [1.165, 1.54) is 4.90 Å². The number of aliphatic carboxylic acids is 1. The van der Waals surface area contributed by atoms with Crippen LogP contribution in [0.15, 0.2) is 30.3 Å². The number of nitrogens with one attached hydrogen (secondary N) is 2. The summed E-state index contributed by atoms with van der Waals surface area (Å²) in [6, 6.07) is 9.25. The zero-order chi connectivity index (χ0) is 17.3. The predicted molar refractivity (Wildman–Crippen MR) is 87.5 cm³/mol. The molecule has 2 amide bonds. The van der Waals surface area contributed by atoms with Crippen molar-refractivity contribution in [1.29, 1.82) is 0 Å². The summed E-state index contributed by atoms with van der Waals surface area (Å²) in [5.74, 6) is -2.15. The summed E-state index contributed by atoms with van der Waals surface area (Å²) in [6.07, 6.45) is 0. The van der Waals surface area contributed by atoms with Gasteiger partial charge in [-0.15, -0.1) is 0 Å². The van der Waals surface area contributed by atoms with Crippen LogP contribution in [0.3, 0.4) is 0 Å². The number of hydrogen-bond acceptors (Lipinski definition) is 3. The maximum Gasteiger partial charge on any atom is 0.308 e. The zero-order valence-electron chi connectivity index (χ0n) is 13.3. The van der Waals surface area contributed by atoms with Gasteiger partial charge in [-0.25, -0.2) is 0 Å². The third-order valence-corrected chi connectivity index (χ3v) is 4.46. The molecule has 1 aliphatic rings. The van der Waals surface area contributed by atoms with Gasteiger partial charge in [-0.3, -0.25) is 14.4 Å². The van der Waals surface area contributed by atoms with Gasteiger partial charge in [0.05, 0.1) is 12.5 Å². The molecule has 0 radical (unpaired) electrons. The van der Waals surface area contributed by atoms with Gasteiger partial charge in [0.1, 0.15) is 5.69 Å². The van der Waals surface area contributed by atoms with Crippen LogP contribution < -0.4 is 5.32 Å². The number of likely N-dealkylation sites (tertiary alicyclic amines) is 1. The molecule has 2 heterocycles. The van der Waals surface area contributed by atoms with E-state index in [9.17, 15) is 14.4 Å². The Morgan fingerprint density at radius 2 is 2.04 bits per heavy atom. The normalized spacial score (nSPS) is 20.3. The van der Waals surface area contributed by atoms with E-state index in [1.807, 2.05) is 31.2 Å². The van der Waals surface area contributed by atoms with Crippen LogP contribution in [0.25, 0.3) is 10.9 Å². The number of benzene rings is 1. The topological polar surface area (TPSA) is 103 Å². The van der Waals surface area contributed by atoms with Gasteiger partial charge in [0.15, 0.2) is 0 Å². The van der Waals surface area contributed by atoms with Gasteiger partial charge in [0, 0.05) is 24.0 Å². The molecule has 1 aliphatic heterocycles. The van der Waals surface area contributed by atoms with Crippen molar-refractivity contribution in [1.82, 2.24) is 15.2 Å². The molecule has 0 aliphatic carbocycles. The van der Waals surface area contributed by atoms with E-state index in [2.05, 4.69) is 10.3 Å². The molecule has 0 spiro atoms. The van der Waals surface area contributed by atoms with Crippen molar-refractivity contribution >= 4 is 28.7 Å². The predicted octanol–water partition coefficient (Wildman–Crippen LogP) is 1.08. The molecule has 3 rings (SSSR count). The Morgan fingerprint density at radius 1 is 1.29 bits per heavy atom. The second-order valence-electron chi connectivity index (χ2n) is 6.17. The summed E-state index contributed by atoms with van der Waals surface area (Å²) < 4.78 is 0. The summed E-state index contributed by atoms with van der Waals surface area (Å²) in [4.78, 5) is 39.9. The fraction of sp³-hybridized carbons (Fsp3) is 0.353. The van der Waals surface area contributed by atoms with Crippen LogP contribution in [-0.4, -0.2) is 52.4 Å². The smallest absolute Gasteiger partial charge is 0.308 e. The number of rotatable bonds is 4. The Morgan fingerprint density at radius 3 is 2.71 bits per heavy atom. The lowest BCUT2D eigenvalue weighted by Gasteiger charge is -2.16. The minimum atomic E-state index is -0.889. The minimum Gasteiger partial charge on any atom is -0.481 e. The molecule has 1 aromatic heterocycles. The number of para-hydroxylation sites is 1. The second kappa shape index (κ2) is 6.35. The Bertz CT molecular complexity index is 765. The number of nitrogens with zero attached hydrogens (tertiary/aromatic N) is 1. The van der Waals surface area contributed by atoms with E-state index >= 15 is 0 Å². The highest BCUT2D eigenvalue weighted by Gasteiger charge is 2.36. The molecule has 0 unspecified atom stereocenters. The molecule has 7 heteroatoms. The van der Waals surface area contributed by atoms with Crippen LogP contribution in [0, 0.1) is 11.8 Å². The molecule has 2 aromatic rings. The van der Waals surface area contributed by atoms with Crippen molar-refractivity contribution in [2.45, 2.75) is 6.92 Å². The second-order valence-corrected chi connectivity index (χ2v) is 6.17. The van der Waals surface area contributed by atoms with Crippen molar-refractivity contribution in [3.63, 3.8) is 0 Å². The van der Waals surface area contributed by atoms with Gasteiger partial charge < -0.3 is 20.3 Å². The van der Waals surface area contributed by atoms with E-state index in [0.29, 0.717) is 12.2 Å². The third-order valence-electron chi connectivity index (χ3n) is 4.46. The highest BCUT2D eigenvalue weighted by Crippen LogP contribution is 2.23. The average molecular weight is 329 g/mol. The maximum atomic E-state index is 12.2. The van der Waals surface area contributed by atoms with Crippen LogP contribution in [0.4, 0.5) is 0 Å². The maximum absolute atomic E-state index is 12.2. The standard InChI is InChI=1S/C17H19N3O4/c1-10-8-20(9-12(10)17(23)24)15(21)7-18-16(22)14-6-11-4-2-3-5-13(11)19-14/h2-6,10,12,19H,7-9H2,1H3,(H,18,22)(H,23,24)/t10-,12-/m1/s1. The van der Waals surface area contributed by atoms with Crippen LogP contribution in [0.1, 0.15) is 17.4 Å². The van der Waals surface area contributed by atoms with Crippen LogP contribution in [0.2, 0.25) is 0 Å². The van der Waals surface area contributed by atoms with E-state index in [-0.39, 0.29) is 30.8 Å². The third kappa shape index (κ3) is 3.10. The van der Waals surface area contributed by atoms with Gasteiger partial charge in [0.25, 0.3) is 5.91 Å². The fourth-order valence-electron chi connectivity index (χ4n) is 3.05. The van der Waals surface area contributed by atoms with Gasteiger partial charge in [-0.2, -0.15) is 0 Å². The number of carboxylic acid groups (broad SMARTS) is 1. The van der Waals surface area contributed by atoms with Gasteiger partial charge in [-0.1, -0.05) is 25.1 Å². The lowest BCUT2D eigenvalue weighted by atomic mass is 9.99. The van der Waals surface area contributed by atoms with Gasteiger partial charge in [0.2, 0.25) is 5.91 Å². The first-order valence-corrected chi connectivity index (χ1v) is 7.82. The molecule has 1 saturated heterocycles. The molecule has 0 saturated carbocycles. The number of fused-ring (bicyclic) bond motifs is 1. The Kier molecular flexibility index (Phi) is 4.24. The summed E-state index contributed by atoms with van der Waals surface area (Å²) in [6.45, 7) is 2.26. The van der Waals surface area contributed by atoms with Gasteiger partial charge >= 0.3 is 5.97 Å². The Hall–Kier alpha value is -2.83. The van der Waals surface area contributed by atoms with E-state index in [4.69, 9.17) is 5.11 Å². The monoisotopic (exact) mass is 329 g/mol. The fourth-order valence-corrected chi connectivity index (χ4v) is 3.05. The molecular formula is C17H19N3O4. The largest absolute Gasteiger partial charge is 0.481 e. The first-order chi connectivity index (χ1) is 11.5. The van der Waals surface area contributed by atoms with E-state index in [1.54, 1.807) is 6.07 Å². The van der Waals surface area contributed by atoms with E-state index < -0.39 is 11.9 Å². The minimum absolute atomic E-state index is 0.0872. The van der Waals surface area contributed by atoms with Gasteiger partial charge in [-0.05, 0) is 18.1 Å². The highest BCUT2D eigenvalue weighted by atomic mass is 16.4. The van der Waals surface area contributed by atoms with Crippen molar-refractivity contribution < 1.29 is 19.5 Å². The number of amides is 2. The van der Waals surface area contributed by atoms with Crippen molar-refractivity contribution in [3.8, 4) is 0 Å². The highest BCUT2D eigenvalue weighted by molar-refractivity contribution is 5.99. The number of carbonyl (C=O) groups excluding carboxylic acids is 2. The molecule has 126 valence electrons.